The van der Waals surface area contributed by atoms with E-state index in [0.717, 1.165) is 24.1 Å². The highest BCUT2D eigenvalue weighted by atomic mass is 32.2. The third-order valence-corrected chi connectivity index (χ3v) is 3.94. The van der Waals surface area contributed by atoms with Gasteiger partial charge in [-0.1, -0.05) is 13.8 Å². The number of rotatable bonds is 2. The third kappa shape index (κ3) is 3.05. The summed E-state index contributed by atoms with van der Waals surface area (Å²) in [6.45, 7) is 4.29. The van der Waals surface area contributed by atoms with Crippen molar-refractivity contribution >= 4 is 9.84 Å². The molecule has 0 spiro atoms. The van der Waals surface area contributed by atoms with E-state index < -0.39 is 9.84 Å². The second kappa shape index (κ2) is 4.28. The van der Waals surface area contributed by atoms with E-state index in [1.807, 2.05) is 0 Å². The summed E-state index contributed by atoms with van der Waals surface area (Å²) >= 11 is 0. The Labute approximate surface area is 108 Å². The van der Waals surface area contributed by atoms with Crippen LogP contribution in [0.1, 0.15) is 43.4 Å². The molecule has 1 atom stereocenters. The van der Waals surface area contributed by atoms with E-state index in [0.29, 0.717) is 5.82 Å². The molecule has 6 heteroatoms. The number of sulfone groups is 1. The Morgan fingerprint density at radius 2 is 2.17 bits per heavy atom. The maximum atomic E-state index is 11.3. The summed E-state index contributed by atoms with van der Waals surface area (Å²) in [5.41, 5.74) is 8.05. The molecular formula is C12H19N3O2S. The second-order valence-electron chi connectivity index (χ2n) is 5.91. The van der Waals surface area contributed by atoms with Gasteiger partial charge in [-0.2, -0.15) is 0 Å². The van der Waals surface area contributed by atoms with Crippen LogP contribution in [0, 0.1) is 5.41 Å². The normalized spacial score (nSPS) is 22.6. The molecule has 18 heavy (non-hydrogen) atoms. The molecule has 1 heterocycles. The minimum atomic E-state index is -3.10. The summed E-state index contributed by atoms with van der Waals surface area (Å²) in [4.78, 5) is 8.48. The van der Waals surface area contributed by atoms with Gasteiger partial charge in [-0.05, 0) is 18.3 Å². The molecule has 0 aromatic carbocycles. The Balaban J connectivity index is 2.37. The quantitative estimate of drug-likeness (QED) is 0.865. The van der Waals surface area contributed by atoms with Gasteiger partial charge in [0.2, 0.25) is 0 Å². The van der Waals surface area contributed by atoms with Crippen LogP contribution in [0.5, 0.6) is 0 Å². The zero-order chi connectivity index (χ0) is 13.6. The van der Waals surface area contributed by atoms with Gasteiger partial charge in [-0.3, -0.25) is 0 Å². The molecule has 0 saturated carbocycles. The molecule has 0 radical (unpaired) electrons. The van der Waals surface area contributed by atoms with Gasteiger partial charge in [0.05, 0.1) is 0 Å². The average Bonchev–Trinajstić information content (AvgIpc) is 2.11. The largest absolute Gasteiger partial charge is 0.324 e. The molecule has 1 unspecified atom stereocenters. The first kappa shape index (κ1) is 13.4. The summed E-state index contributed by atoms with van der Waals surface area (Å²) < 4.78 is 22.5. The van der Waals surface area contributed by atoms with Gasteiger partial charge < -0.3 is 5.73 Å². The Morgan fingerprint density at radius 1 is 1.50 bits per heavy atom. The van der Waals surface area contributed by atoms with Gasteiger partial charge in [-0.15, -0.1) is 0 Å². The van der Waals surface area contributed by atoms with Crippen LogP contribution < -0.4 is 5.73 Å². The van der Waals surface area contributed by atoms with E-state index in [1.165, 1.54) is 6.26 Å². The highest BCUT2D eigenvalue weighted by Gasteiger charge is 2.31. The Morgan fingerprint density at radius 3 is 2.78 bits per heavy atom. The minimum Gasteiger partial charge on any atom is -0.324 e. The molecule has 0 saturated heterocycles. The second-order valence-corrected chi connectivity index (χ2v) is 8.05. The lowest BCUT2D eigenvalue weighted by atomic mass is 9.74. The molecule has 1 aliphatic carbocycles. The lowest BCUT2D eigenvalue weighted by Gasteiger charge is -2.34. The van der Waals surface area contributed by atoms with Crippen LogP contribution in [0.3, 0.4) is 0 Å². The van der Waals surface area contributed by atoms with Gasteiger partial charge in [-0.25, -0.2) is 18.4 Å². The third-order valence-electron chi connectivity index (χ3n) is 3.16. The molecule has 100 valence electrons. The van der Waals surface area contributed by atoms with Crippen molar-refractivity contribution in [2.75, 3.05) is 6.26 Å². The molecule has 0 amide bonds. The van der Waals surface area contributed by atoms with Crippen molar-refractivity contribution in [1.29, 1.82) is 0 Å². The summed E-state index contributed by atoms with van der Waals surface area (Å²) in [5, 5.41) is 0. The maximum Gasteiger partial charge on any atom is 0.154 e. The molecule has 0 aliphatic heterocycles. The fraction of sp³-hybridized carbons (Fsp3) is 0.667. The van der Waals surface area contributed by atoms with E-state index in [9.17, 15) is 8.42 Å². The van der Waals surface area contributed by atoms with E-state index in [1.54, 1.807) is 6.20 Å². The van der Waals surface area contributed by atoms with Gasteiger partial charge in [0.1, 0.15) is 11.6 Å². The lowest BCUT2D eigenvalue weighted by Crippen LogP contribution is -2.31. The predicted octanol–water partition coefficient (Wildman–Crippen LogP) is 0.993. The van der Waals surface area contributed by atoms with Crippen LogP contribution in [0.2, 0.25) is 0 Å². The van der Waals surface area contributed by atoms with Crippen molar-refractivity contribution < 1.29 is 8.42 Å². The zero-order valence-corrected chi connectivity index (χ0v) is 11.8. The summed E-state index contributed by atoms with van der Waals surface area (Å²) in [6, 6.07) is -0.0592. The highest BCUT2D eigenvalue weighted by molar-refractivity contribution is 7.89. The fourth-order valence-corrected chi connectivity index (χ4v) is 3.06. The Bertz CT molecular complexity index is 567. The molecular weight excluding hydrogens is 250 g/mol. The summed E-state index contributed by atoms with van der Waals surface area (Å²) in [5.74, 6) is 0.247. The zero-order valence-electron chi connectivity index (χ0n) is 11.0. The monoisotopic (exact) mass is 269 g/mol. The van der Waals surface area contributed by atoms with Crippen molar-refractivity contribution in [1.82, 2.24) is 9.97 Å². The molecule has 5 nitrogen and oxygen atoms in total. The summed E-state index contributed by atoms with van der Waals surface area (Å²) in [7, 11) is -3.10. The van der Waals surface area contributed by atoms with Gasteiger partial charge in [0, 0.05) is 29.8 Å². The maximum absolute atomic E-state index is 11.3. The topological polar surface area (TPSA) is 85.9 Å². The first-order valence-corrected chi connectivity index (χ1v) is 8.00. The molecule has 1 aromatic rings. The van der Waals surface area contributed by atoms with Crippen LogP contribution in [-0.2, 0) is 22.0 Å². The molecule has 1 aliphatic rings. The standard InChI is InChI=1S/C12H19N3O2S/c1-12(2)4-9(13)8-6-14-11(7-18(3,16)17)15-10(8)5-12/h6,9H,4-5,7,13H2,1-3H3. The van der Waals surface area contributed by atoms with Crippen molar-refractivity contribution in [2.45, 2.75) is 38.5 Å². The molecule has 2 N–H and O–H groups in total. The van der Waals surface area contributed by atoms with Crippen molar-refractivity contribution in [3.05, 3.63) is 23.3 Å². The smallest absolute Gasteiger partial charge is 0.154 e. The average molecular weight is 269 g/mol. The fourth-order valence-electron chi connectivity index (χ4n) is 2.45. The van der Waals surface area contributed by atoms with Crippen LogP contribution in [0.4, 0.5) is 0 Å². The van der Waals surface area contributed by atoms with E-state index in [2.05, 4.69) is 23.8 Å². The highest BCUT2D eigenvalue weighted by Crippen LogP contribution is 2.38. The van der Waals surface area contributed by atoms with Crippen LogP contribution in [0.15, 0.2) is 6.20 Å². The van der Waals surface area contributed by atoms with Crippen LogP contribution in [-0.4, -0.2) is 24.6 Å². The first-order valence-electron chi connectivity index (χ1n) is 5.94. The predicted molar refractivity (Wildman–Crippen MR) is 69.6 cm³/mol. The van der Waals surface area contributed by atoms with E-state index in [-0.39, 0.29) is 17.2 Å². The number of hydrogen-bond acceptors (Lipinski definition) is 5. The Kier molecular flexibility index (Phi) is 3.19. The number of hydrogen-bond donors (Lipinski definition) is 1. The van der Waals surface area contributed by atoms with E-state index in [4.69, 9.17) is 5.73 Å². The van der Waals surface area contributed by atoms with Crippen LogP contribution >= 0.6 is 0 Å². The number of nitrogens with two attached hydrogens (primary N) is 1. The lowest BCUT2D eigenvalue weighted by molar-refractivity contribution is 0.277. The van der Waals surface area contributed by atoms with E-state index >= 15 is 0 Å². The van der Waals surface area contributed by atoms with Gasteiger partial charge in [0.25, 0.3) is 0 Å². The molecule has 0 bridgehead atoms. The molecule has 2 rings (SSSR count). The number of fused-ring (bicyclic) bond motifs is 1. The Hall–Kier alpha value is -1.01. The van der Waals surface area contributed by atoms with Crippen molar-refractivity contribution in [3.63, 3.8) is 0 Å². The molecule has 1 aromatic heterocycles. The van der Waals surface area contributed by atoms with Gasteiger partial charge in [0.15, 0.2) is 9.84 Å². The molecule has 0 fully saturated rings. The van der Waals surface area contributed by atoms with Gasteiger partial charge >= 0.3 is 0 Å². The van der Waals surface area contributed by atoms with Crippen LogP contribution in [0.25, 0.3) is 0 Å². The summed E-state index contributed by atoms with van der Waals surface area (Å²) in [6.07, 6.45) is 4.58. The number of nitrogens with zero attached hydrogens (tertiary/aromatic N) is 2. The number of aromatic nitrogens is 2. The van der Waals surface area contributed by atoms with Crippen molar-refractivity contribution in [2.24, 2.45) is 11.1 Å². The SMILES string of the molecule is CC1(C)Cc2nc(CS(C)(=O)=O)ncc2C(N)C1. The minimum absolute atomic E-state index is 0.0592. The first-order chi connectivity index (χ1) is 8.16. The van der Waals surface area contributed by atoms with Crippen molar-refractivity contribution in [3.8, 4) is 0 Å².